The van der Waals surface area contributed by atoms with Crippen molar-refractivity contribution in [2.75, 3.05) is 12.8 Å². The third-order valence-corrected chi connectivity index (χ3v) is 5.36. The van der Waals surface area contributed by atoms with Crippen LogP contribution in [0.15, 0.2) is 56.8 Å². The third kappa shape index (κ3) is 3.06. The summed E-state index contributed by atoms with van der Waals surface area (Å²) < 4.78 is 43.1. The van der Waals surface area contributed by atoms with Gasteiger partial charge in [0.25, 0.3) is 0 Å². The van der Waals surface area contributed by atoms with Crippen LogP contribution in [-0.4, -0.2) is 32.4 Å². The van der Waals surface area contributed by atoms with Gasteiger partial charge in [0, 0.05) is 19.0 Å². The molecule has 0 spiro atoms. The fourth-order valence-electron chi connectivity index (χ4n) is 2.87. The molecule has 0 bridgehead atoms. The van der Waals surface area contributed by atoms with Gasteiger partial charge in [0.15, 0.2) is 15.4 Å². The number of hydrogen-bond donors (Lipinski definition) is 0. The molecule has 1 aliphatic heterocycles. The average molecular weight is 370 g/mol. The molecule has 1 aliphatic rings. The second-order valence-electron chi connectivity index (χ2n) is 6.11. The fraction of sp³-hybridized carbons (Fsp3) is 0.158. The molecular weight excluding hydrogens is 355 g/mol. The summed E-state index contributed by atoms with van der Waals surface area (Å²) in [5.41, 5.74) is 3.47. The molecule has 0 fully saturated rings. The van der Waals surface area contributed by atoms with Gasteiger partial charge >= 0.3 is 0 Å². The van der Waals surface area contributed by atoms with E-state index >= 15 is 0 Å². The van der Waals surface area contributed by atoms with E-state index in [1.54, 1.807) is 12.3 Å². The Balaban J connectivity index is 1.76. The van der Waals surface area contributed by atoms with Crippen LogP contribution in [0.2, 0.25) is 0 Å². The number of dihydropyridines is 1. The van der Waals surface area contributed by atoms with Gasteiger partial charge in [0.2, 0.25) is 5.89 Å². The molecule has 2 aromatic carbocycles. The molecule has 132 valence electrons. The van der Waals surface area contributed by atoms with Crippen LogP contribution in [0.25, 0.3) is 28.1 Å². The number of sulfone groups is 1. The van der Waals surface area contributed by atoms with Crippen LogP contribution in [0, 0.1) is 5.82 Å². The zero-order valence-corrected chi connectivity index (χ0v) is 14.8. The fourth-order valence-corrected chi connectivity index (χ4v) is 3.50. The minimum absolute atomic E-state index is 0.0805. The van der Waals surface area contributed by atoms with E-state index in [1.807, 2.05) is 18.2 Å². The predicted molar refractivity (Wildman–Crippen MR) is 98.5 cm³/mol. The molecule has 0 atom stereocenters. The van der Waals surface area contributed by atoms with Crippen LogP contribution >= 0.6 is 0 Å². The second kappa shape index (κ2) is 6.17. The number of fused-ring (bicyclic) bond motifs is 1. The maximum atomic E-state index is 14.4. The first-order chi connectivity index (χ1) is 12.4. The summed E-state index contributed by atoms with van der Waals surface area (Å²) >= 11 is 0. The number of oxazole rings is 1. The molecule has 0 N–H and O–H groups in total. The number of rotatable bonds is 3. The first-order valence-corrected chi connectivity index (χ1v) is 9.91. The summed E-state index contributed by atoms with van der Waals surface area (Å²) in [6, 6.07) is 9.34. The first-order valence-electron chi connectivity index (χ1n) is 8.02. The first kappa shape index (κ1) is 16.7. The number of allylic oxidation sites excluding steroid dienone is 1. The van der Waals surface area contributed by atoms with Crippen molar-refractivity contribution in [3.63, 3.8) is 0 Å². The van der Waals surface area contributed by atoms with E-state index in [0.29, 0.717) is 11.1 Å². The maximum absolute atomic E-state index is 14.4. The average Bonchev–Trinajstić information content (AvgIpc) is 3.04. The molecule has 26 heavy (non-hydrogen) atoms. The molecule has 1 aromatic heterocycles. The Morgan fingerprint density at radius 3 is 2.69 bits per heavy atom. The van der Waals surface area contributed by atoms with Gasteiger partial charge in [0.05, 0.1) is 10.5 Å². The van der Waals surface area contributed by atoms with Gasteiger partial charge < -0.3 is 4.42 Å². The lowest BCUT2D eigenvalue weighted by atomic mass is 10.0. The molecule has 0 unspecified atom stereocenters. The molecule has 3 aromatic rings. The van der Waals surface area contributed by atoms with Gasteiger partial charge in [-0.1, -0.05) is 6.07 Å². The summed E-state index contributed by atoms with van der Waals surface area (Å²) in [6.45, 7) is 0.756. The molecule has 2 heterocycles. The maximum Gasteiger partial charge on any atom is 0.230 e. The Morgan fingerprint density at radius 2 is 2.00 bits per heavy atom. The molecule has 7 heteroatoms. The topological polar surface area (TPSA) is 72.5 Å². The van der Waals surface area contributed by atoms with Crippen molar-refractivity contribution in [1.29, 1.82) is 0 Å². The molecule has 5 nitrogen and oxygen atoms in total. The largest absolute Gasteiger partial charge is 0.436 e. The van der Waals surface area contributed by atoms with Crippen LogP contribution in [0.4, 0.5) is 4.39 Å². The summed E-state index contributed by atoms with van der Waals surface area (Å²) in [5.74, 6) is -0.570. The second-order valence-corrected chi connectivity index (χ2v) is 8.13. The van der Waals surface area contributed by atoms with E-state index in [2.05, 4.69) is 9.98 Å². The van der Waals surface area contributed by atoms with Crippen LogP contribution in [0.1, 0.15) is 12.0 Å². The Kier molecular flexibility index (Phi) is 3.96. The monoisotopic (exact) mass is 370 g/mol. The highest BCUT2D eigenvalue weighted by molar-refractivity contribution is 7.90. The number of hydrogen-bond acceptors (Lipinski definition) is 5. The third-order valence-electron chi connectivity index (χ3n) is 4.25. The predicted octanol–water partition coefficient (Wildman–Crippen LogP) is 3.90. The number of nitrogens with zero attached hydrogens (tertiary/aromatic N) is 2. The lowest BCUT2D eigenvalue weighted by molar-refractivity contribution is 0.585. The van der Waals surface area contributed by atoms with Gasteiger partial charge in [-0.05, 0) is 54.0 Å². The van der Waals surface area contributed by atoms with Crippen molar-refractivity contribution >= 4 is 32.7 Å². The van der Waals surface area contributed by atoms with Crippen molar-refractivity contribution in [2.45, 2.75) is 11.3 Å². The highest BCUT2D eigenvalue weighted by Gasteiger charge is 2.17. The van der Waals surface area contributed by atoms with Gasteiger partial charge in [-0.15, -0.1) is 0 Å². The number of aromatic nitrogens is 1. The molecule has 0 aliphatic carbocycles. The lowest BCUT2D eigenvalue weighted by Gasteiger charge is -2.08. The number of aliphatic imine (C=N–C) groups is 1. The van der Waals surface area contributed by atoms with Gasteiger partial charge in [-0.25, -0.2) is 17.8 Å². The van der Waals surface area contributed by atoms with Crippen molar-refractivity contribution in [2.24, 2.45) is 4.99 Å². The van der Waals surface area contributed by atoms with Crippen molar-refractivity contribution in [1.82, 2.24) is 4.98 Å². The Labute approximate surface area is 149 Å². The molecule has 0 saturated carbocycles. The van der Waals surface area contributed by atoms with E-state index < -0.39 is 15.7 Å². The van der Waals surface area contributed by atoms with Crippen LogP contribution in [0.5, 0.6) is 0 Å². The minimum atomic E-state index is -3.47. The zero-order chi connectivity index (χ0) is 18.3. The Morgan fingerprint density at radius 1 is 1.15 bits per heavy atom. The van der Waals surface area contributed by atoms with Crippen molar-refractivity contribution in [3.8, 4) is 11.5 Å². The Bertz CT molecular complexity index is 1180. The molecule has 4 rings (SSSR count). The highest BCUT2D eigenvalue weighted by atomic mass is 32.2. The summed E-state index contributed by atoms with van der Waals surface area (Å²) in [4.78, 5) is 8.47. The number of halogens is 1. The quantitative estimate of drug-likeness (QED) is 0.701. The smallest absolute Gasteiger partial charge is 0.230 e. The van der Waals surface area contributed by atoms with Gasteiger partial charge in [0.1, 0.15) is 11.3 Å². The standard InChI is InChI=1S/C19H15FN2O3S/c1-26(23,24)14-3-4-15(16(20)11-14)19-22-17-10-13(2-5-18(17)25-19)12-6-8-21-9-7-12/h2-6,8,10-11H,7,9H2,1H3. The molecule has 0 radical (unpaired) electrons. The van der Waals surface area contributed by atoms with E-state index in [0.717, 1.165) is 36.4 Å². The molecular formula is C19H15FN2O3S. The Hall–Kier alpha value is -2.80. The van der Waals surface area contributed by atoms with Crippen molar-refractivity contribution < 1.29 is 17.2 Å². The number of benzene rings is 2. The van der Waals surface area contributed by atoms with E-state index in [9.17, 15) is 12.8 Å². The van der Waals surface area contributed by atoms with Crippen LogP contribution in [-0.2, 0) is 9.84 Å². The zero-order valence-electron chi connectivity index (χ0n) is 13.9. The normalized spacial score (nSPS) is 14.6. The highest BCUT2D eigenvalue weighted by Crippen LogP contribution is 2.30. The summed E-state index contributed by atoms with van der Waals surface area (Å²) in [7, 11) is -3.47. The molecule has 0 saturated heterocycles. The van der Waals surface area contributed by atoms with E-state index in [-0.39, 0.29) is 16.3 Å². The lowest BCUT2D eigenvalue weighted by Crippen LogP contribution is -1.98. The van der Waals surface area contributed by atoms with Crippen LogP contribution in [0.3, 0.4) is 0 Å². The summed E-state index contributed by atoms with van der Waals surface area (Å²) in [5, 5.41) is 0. The van der Waals surface area contributed by atoms with E-state index in [4.69, 9.17) is 4.42 Å². The minimum Gasteiger partial charge on any atom is -0.436 e. The van der Waals surface area contributed by atoms with Gasteiger partial charge in [-0.3, -0.25) is 4.99 Å². The van der Waals surface area contributed by atoms with E-state index in [1.165, 1.54) is 12.1 Å². The van der Waals surface area contributed by atoms with Crippen LogP contribution < -0.4 is 0 Å². The van der Waals surface area contributed by atoms with Crippen molar-refractivity contribution in [3.05, 3.63) is 53.9 Å². The molecule has 0 amide bonds. The summed E-state index contributed by atoms with van der Waals surface area (Å²) in [6.07, 6.45) is 5.65. The SMILES string of the molecule is CS(=O)(=O)c1ccc(-c2nc3cc(C4=CC=NCC4)ccc3o2)c(F)c1. The van der Waals surface area contributed by atoms with Gasteiger partial charge in [-0.2, -0.15) is 0 Å².